The van der Waals surface area contributed by atoms with Crippen LogP contribution in [0.5, 0.6) is 0 Å². The lowest BCUT2D eigenvalue weighted by Crippen LogP contribution is -2.45. The summed E-state index contributed by atoms with van der Waals surface area (Å²) < 4.78 is 60.9. The maximum Gasteiger partial charge on any atom is 0.416 e. The zero-order valence-corrected chi connectivity index (χ0v) is 11.0. The Bertz CT molecular complexity index is 572. The minimum Gasteiger partial charge on any atom is -0.354 e. The second kappa shape index (κ2) is 4.66. The number of alkyl halides is 3. The van der Waals surface area contributed by atoms with Gasteiger partial charge in [0.25, 0.3) is 0 Å². The fourth-order valence-corrected chi connectivity index (χ4v) is 3.21. The average molecular weight is 294 g/mol. The molecule has 0 bridgehead atoms. The van der Waals surface area contributed by atoms with E-state index in [1.165, 1.54) is 0 Å². The van der Waals surface area contributed by atoms with E-state index in [2.05, 4.69) is 4.98 Å². The molecule has 0 aliphatic carbocycles. The monoisotopic (exact) mass is 294 g/mol. The van der Waals surface area contributed by atoms with Gasteiger partial charge in [-0.2, -0.15) is 13.2 Å². The van der Waals surface area contributed by atoms with Gasteiger partial charge in [-0.05, 0) is 19.1 Å². The summed E-state index contributed by atoms with van der Waals surface area (Å²) in [7, 11) is -3.13. The molecule has 0 radical (unpaired) electrons. The smallest absolute Gasteiger partial charge is 0.354 e. The van der Waals surface area contributed by atoms with Gasteiger partial charge in [-0.25, -0.2) is 13.4 Å². The van der Waals surface area contributed by atoms with Crippen molar-refractivity contribution in [3.05, 3.63) is 23.9 Å². The van der Waals surface area contributed by atoms with Gasteiger partial charge in [0.15, 0.2) is 9.84 Å². The van der Waals surface area contributed by atoms with Gasteiger partial charge >= 0.3 is 6.18 Å². The highest BCUT2D eigenvalue weighted by Gasteiger charge is 2.33. The quantitative estimate of drug-likeness (QED) is 0.791. The summed E-state index contributed by atoms with van der Waals surface area (Å²) in [6, 6.07) is 1.85. The molecule has 1 aliphatic heterocycles. The van der Waals surface area contributed by atoms with Crippen molar-refractivity contribution < 1.29 is 21.6 Å². The molecule has 19 heavy (non-hydrogen) atoms. The third kappa shape index (κ3) is 2.99. The molecule has 2 rings (SSSR count). The first-order valence-electron chi connectivity index (χ1n) is 5.70. The topological polar surface area (TPSA) is 50.3 Å². The molecule has 8 heteroatoms. The molecule has 1 aromatic rings. The predicted molar refractivity (Wildman–Crippen MR) is 64.7 cm³/mol. The van der Waals surface area contributed by atoms with Crippen LogP contribution < -0.4 is 4.90 Å². The summed E-state index contributed by atoms with van der Waals surface area (Å²) in [5, 5.41) is -0.599. The molecule has 1 fully saturated rings. The van der Waals surface area contributed by atoms with Crippen LogP contribution >= 0.6 is 0 Å². The Balaban J connectivity index is 2.25. The lowest BCUT2D eigenvalue weighted by atomic mass is 10.2. The molecule has 0 aromatic carbocycles. The number of aromatic nitrogens is 1. The maximum atomic E-state index is 12.6. The number of hydrogen-bond acceptors (Lipinski definition) is 4. The van der Waals surface area contributed by atoms with Crippen LogP contribution in [0.2, 0.25) is 0 Å². The van der Waals surface area contributed by atoms with Crippen LogP contribution in [-0.4, -0.2) is 37.5 Å². The van der Waals surface area contributed by atoms with E-state index in [9.17, 15) is 21.6 Å². The van der Waals surface area contributed by atoms with Gasteiger partial charge in [-0.1, -0.05) is 0 Å². The van der Waals surface area contributed by atoms with E-state index in [1.807, 2.05) is 0 Å². The summed E-state index contributed by atoms with van der Waals surface area (Å²) in [6.07, 6.45) is -3.34. The minimum atomic E-state index is -4.43. The van der Waals surface area contributed by atoms with E-state index in [1.54, 1.807) is 11.8 Å². The van der Waals surface area contributed by atoms with Gasteiger partial charge < -0.3 is 4.90 Å². The number of halogens is 3. The maximum absolute atomic E-state index is 12.6. The number of hydrogen-bond donors (Lipinski definition) is 0. The molecule has 4 nitrogen and oxygen atoms in total. The van der Waals surface area contributed by atoms with E-state index in [4.69, 9.17) is 0 Å². The highest BCUT2D eigenvalue weighted by Crippen LogP contribution is 2.31. The second-order valence-corrected chi connectivity index (χ2v) is 7.06. The van der Waals surface area contributed by atoms with Crippen LogP contribution in [0.1, 0.15) is 12.5 Å². The molecule has 1 aliphatic rings. The van der Waals surface area contributed by atoms with Crippen LogP contribution in [-0.2, 0) is 16.0 Å². The summed E-state index contributed by atoms with van der Waals surface area (Å²) in [5.41, 5.74) is -0.779. The first kappa shape index (κ1) is 14.1. The molecule has 106 valence electrons. The predicted octanol–water partition coefficient (Wildman–Crippen LogP) is 1.72. The largest absolute Gasteiger partial charge is 0.416 e. The molecule has 2 heterocycles. The number of nitrogens with zero attached hydrogens (tertiary/aromatic N) is 2. The fraction of sp³-hybridized carbons (Fsp3) is 0.545. The summed E-state index contributed by atoms with van der Waals surface area (Å²) >= 11 is 0. The molecule has 0 saturated carbocycles. The molecule has 1 saturated heterocycles. The van der Waals surface area contributed by atoms with Gasteiger partial charge in [-0.3, -0.25) is 0 Å². The van der Waals surface area contributed by atoms with E-state index < -0.39 is 26.8 Å². The lowest BCUT2D eigenvalue weighted by molar-refractivity contribution is -0.137. The third-order valence-corrected chi connectivity index (χ3v) is 5.26. The van der Waals surface area contributed by atoms with Crippen molar-refractivity contribution in [3.8, 4) is 0 Å². The Hall–Kier alpha value is -1.31. The molecule has 0 N–H and O–H groups in total. The molecule has 1 aromatic heterocycles. The standard InChI is InChI=1S/C11H13F3N2O2S/c1-8-7-16(4-5-19(8,17)18)10-6-9(2-3-15-10)11(12,13)14/h2-3,6,8H,4-5,7H2,1H3/t8-/m1/s1. The van der Waals surface area contributed by atoms with Crippen LogP contribution in [0.25, 0.3) is 0 Å². The van der Waals surface area contributed by atoms with Gasteiger partial charge in [0.05, 0.1) is 16.6 Å². The van der Waals surface area contributed by atoms with Gasteiger partial charge in [0.2, 0.25) is 0 Å². The normalized spacial score (nSPS) is 23.4. The van der Waals surface area contributed by atoms with Gasteiger partial charge in [-0.15, -0.1) is 0 Å². The lowest BCUT2D eigenvalue weighted by Gasteiger charge is -2.31. The van der Waals surface area contributed by atoms with Crippen molar-refractivity contribution in [2.45, 2.75) is 18.3 Å². The van der Waals surface area contributed by atoms with E-state index in [-0.39, 0.29) is 24.7 Å². The molecule has 1 atom stereocenters. The van der Waals surface area contributed by atoms with Crippen molar-refractivity contribution in [1.82, 2.24) is 4.98 Å². The number of pyridine rings is 1. The van der Waals surface area contributed by atoms with Crippen LogP contribution in [0.4, 0.5) is 19.0 Å². The highest BCUT2D eigenvalue weighted by atomic mass is 32.2. The van der Waals surface area contributed by atoms with Gasteiger partial charge in [0.1, 0.15) is 5.82 Å². The van der Waals surface area contributed by atoms with Crippen molar-refractivity contribution >= 4 is 15.7 Å². The van der Waals surface area contributed by atoms with Crippen molar-refractivity contribution in [2.75, 3.05) is 23.7 Å². The molecule has 0 amide bonds. The Morgan fingerprint density at radius 1 is 1.42 bits per heavy atom. The SMILES string of the molecule is C[C@@H]1CN(c2cc(C(F)(F)F)ccn2)CCS1(=O)=O. The van der Waals surface area contributed by atoms with Crippen LogP contribution in [0.15, 0.2) is 18.3 Å². The molecular weight excluding hydrogens is 281 g/mol. The first-order valence-corrected chi connectivity index (χ1v) is 7.41. The molecule has 0 spiro atoms. The Labute approximate surface area is 109 Å². The minimum absolute atomic E-state index is 0.0634. The number of rotatable bonds is 1. The summed E-state index contributed by atoms with van der Waals surface area (Å²) in [6.45, 7) is 1.88. The second-order valence-electron chi connectivity index (χ2n) is 4.52. The van der Waals surface area contributed by atoms with E-state index in [0.717, 1.165) is 18.3 Å². The fourth-order valence-electron chi connectivity index (χ4n) is 1.93. The molecule has 0 unspecified atom stereocenters. The van der Waals surface area contributed by atoms with E-state index in [0.29, 0.717) is 0 Å². The third-order valence-electron chi connectivity index (χ3n) is 3.13. The molecular formula is C11H13F3N2O2S. The van der Waals surface area contributed by atoms with Crippen LogP contribution in [0.3, 0.4) is 0 Å². The number of sulfone groups is 1. The summed E-state index contributed by atoms with van der Waals surface area (Å²) in [4.78, 5) is 5.46. The van der Waals surface area contributed by atoms with Crippen LogP contribution in [0, 0.1) is 0 Å². The Kier molecular flexibility index (Phi) is 3.46. The average Bonchev–Trinajstić information content (AvgIpc) is 2.32. The van der Waals surface area contributed by atoms with E-state index >= 15 is 0 Å². The van der Waals surface area contributed by atoms with Gasteiger partial charge in [0, 0.05) is 19.3 Å². The van der Waals surface area contributed by atoms with Crippen molar-refractivity contribution in [3.63, 3.8) is 0 Å². The zero-order valence-electron chi connectivity index (χ0n) is 10.2. The summed E-state index contributed by atoms with van der Waals surface area (Å²) in [5.74, 6) is 0.100. The Morgan fingerprint density at radius 2 is 2.11 bits per heavy atom. The Morgan fingerprint density at radius 3 is 2.68 bits per heavy atom. The highest BCUT2D eigenvalue weighted by molar-refractivity contribution is 7.92. The zero-order chi connectivity index (χ0) is 14.3. The van der Waals surface area contributed by atoms with Crippen molar-refractivity contribution in [1.29, 1.82) is 0 Å². The van der Waals surface area contributed by atoms with Crippen molar-refractivity contribution in [2.24, 2.45) is 0 Å². The first-order chi connectivity index (χ1) is 8.70. The number of anilines is 1.